The van der Waals surface area contributed by atoms with Crippen molar-refractivity contribution in [2.24, 2.45) is 5.73 Å². The predicted octanol–water partition coefficient (Wildman–Crippen LogP) is 0.864. The van der Waals surface area contributed by atoms with E-state index in [0.717, 1.165) is 5.56 Å². The van der Waals surface area contributed by atoms with Crippen LogP contribution in [0.5, 0.6) is 0 Å². The van der Waals surface area contributed by atoms with Gasteiger partial charge in [0.2, 0.25) is 11.7 Å². The minimum Gasteiger partial charge on any atom is -0.338 e. The van der Waals surface area contributed by atoms with E-state index in [2.05, 4.69) is 10.1 Å². The number of hydroxylamine groups is 1. The molecule has 1 saturated heterocycles. The first-order valence-corrected chi connectivity index (χ1v) is 5.87. The molecule has 0 atom stereocenters. The molecule has 2 aromatic rings. The molecular formula is C12H12N4O3. The zero-order valence-electron chi connectivity index (χ0n) is 10.1. The quantitative estimate of drug-likeness (QED) is 0.879. The molecule has 2 heterocycles. The standard InChI is InChI=1S/C12H12N4O3/c13-7-10-14-12(15-19-10)8-1-3-9(4-2-8)16-11(17)5-6-18-16/h1-4H,5-7,13H2. The number of nitrogens with zero attached hydrogens (tertiary/aromatic N) is 3. The van der Waals surface area contributed by atoms with Crippen LogP contribution in [-0.2, 0) is 16.2 Å². The topological polar surface area (TPSA) is 94.5 Å². The molecule has 0 unspecified atom stereocenters. The van der Waals surface area contributed by atoms with E-state index in [1.807, 2.05) is 0 Å². The summed E-state index contributed by atoms with van der Waals surface area (Å²) in [7, 11) is 0. The minimum absolute atomic E-state index is 0.0438. The van der Waals surface area contributed by atoms with E-state index < -0.39 is 0 Å². The Kier molecular flexibility index (Phi) is 2.98. The van der Waals surface area contributed by atoms with Gasteiger partial charge in [0.15, 0.2) is 0 Å². The van der Waals surface area contributed by atoms with Crippen LogP contribution in [0.3, 0.4) is 0 Å². The molecule has 1 aliphatic rings. The Morgan fingerprint density at radius 3 is 2.68 bits per heavy atom. The van der Waals surface area contributed by atoms with Crippen LogP contribution >= 0.6 is 0 Å². The van der Waals surface area contributed by atoms with Crippen LogP contribution in [0, 0.1) is 0 Å². The SMILES string of the molecule is NCc1nc(-c2ccc(N3OCCC3=O)cc2)no1. The van der Waals surface area contributed by atoms with Crippen molar-refractivity contribution in [3.8, 4) is 11.4 Å². The van der Waals surface area contributed by atoms with Gasteiger partial charge in [0, 0.05) is 5.56 Å². The van der Waals surface area contributed by atoms with Gasteiger partial charge in [0.05, 0.1) is 25.3 Å². The van der Waals surface area contributed by atoms with Crippen molar-refractivity contribution in [1.29, 1.82) is 0 Å². The summed E-state index contributed by atoms with van der Waals surface area (Å²) in [5, 5.41) is 5.12. The first-order valence-electron chi connectivity index (χ1n) is 5.87. The largest absolute Gasteiger partial charge is 0.338 e. The summed E-state index contributed by atoms with van der Waals surface area (Å²) in [5.41, 5.74) is 6.89. The van der Waals surface area contributed by atoms with Crippen LogP contribution in [0.25, 0.3) is 11.4 Å². The van der Waals surface area contributed by atoms with Crippen molar-refractivity contribution in [2.75, 3.05) is 11.7 Å². The lowest BCUT2D eigenvalue weighted by atomic mass is 10.2. The maximum Gasteiger partial charge on any atom is 0.253 e. The molecule has 3 rings (SSSR count). The normalized spacial score (nSPS) is 15.2. The molecule has 0 saturated carbocycles. The second-order valence-electron chi connectivity index (χ2n) is 4.03. The van der Waals surface area contributed by atoms with Gasteiger partial charge >= 0.3 is 0 Å². The third-order valence-corrected chi connectivity index (χ3v) is 2.77. The van der Waals surface area contributed by atoms with E-state index in [1.54, 1.807) is 24.3 Å². The molecule has 1 aliphatic heterocycles. The van der Waals surface area contributed by atoms with Crippen LogP contribution in [0.15, 0.2) is 28.8 Å². The molecule has 1 aromatic carbocycles. The molecule has 0 bridgehead atoms. The van der Waals surface area contributed by atoms with Crippen molar-refractivity contribution in [2.45, 2.75) is 13.0 Å². The number of amides is 1. The lowest BCUT2D eigenvalue weighted by Crippen LogP contribution is -2.21. The van der Waals surface area contributed by atoms with Crippen LogP contribution in [0.4, 0.5) is 5.69 Å². The summed E-state index contributed by atoms with van der Waals surface area (Å²) >= 11 is 0. The summed E-state index contributed by atoms with van der Waals surface area (Å²) in [4.78, 5) is 20.9. The average molecular weight is 260 g/mol. The highest BCUT2D eigenvalue weighted by Gasteiger charge is 2.23. The molecule has 98 valence electrons. The first-order chi connectivity index (χ1) is 9.28. The van der Waals surface area contributed by atoms with Crippen molar-refractivity contribution in [3.63, 3.8) is 0 Å². The highest BCUT2D eigenvalue weighted by molar-refractivity contribution is 5.92. The number of carbonyl (C=O) groups excluding carboxylic acids is 1. The molecule has 0 spiro atoms. The van der Waals surface area contributed by atoms with Gasteiger partial charge in [-0.1, -0.05) is 5.16 Å². The van der Waals surface area contributed by atoms with Crippen LogP contribution in [0.2, 0.25) is 0 Å². The van der Waals surface area contributed by atoms with Gasteiger partial charge < -0.3 is 10.3 Å². The van der Waals surface area contributed by atoms with Crippen molar-refractivity contribution in [1.82, 2.24) is 10.1 Å². The van der Waals surface area contributed by atoms with E-state index in [0.29, 0.717) is 30.4 Å². The minimum atomic E-state index is -0.0438. The van der Waals surface area contributed by atoms with E-state index >= 15 is 0 Å². The molecule has 2 N–H and O–H groups in total. The highest BCUT2D eigenvalue weighted by atomic mass is 16.7. The molecule has 1 fully saturated rings. The molecular weight excluding hydrogens is 248 g/mol. The number of hydrogen-bond acceptors (Lipinski definition) is 6. The molecule has 7 nitrogen and oxygen atoms in total. The van der Waals surface area contributed by atoms with E-state index in [4.69, 9.17) is 15.1 Å². The second kappa shape index (κ2) is 4.79. The van der Waals surface area contributed by atoms with Crippen LogP contribution in [-0.4, -0.2) is 22.7 Å². The smallest absolute Gasteiger partial charge is 0.253 e. The Morgan fingerprint density at radius 2 is 2.11 bits per heavy atom. The summed E-state index contributed by atoms with van der Waals surface area (Å²) < 4.78 is 4.94. The zero-order chi connectivity index (χ0) is 13.2. The molecule has 0 aliphatic carbocycles. The monoisotopic (exact) mass is 260 g/mol. The number of nitrogens with two attached hydrogens (primary N) is 1. The lowest BCUT2D eigenvalue weighted by Gasteiger charge is -2.13. The zero-order valence-corrected chi connectivity index (χ0v) is 10.1. The van der Waals surface area contributed by atoms with E-state index in [1.165, 1.54) is 5.06 Å². The summed E-state index contributed by atoms with van der Waals surface area (Å²) in [6.07, 6.45) is 0.409. The third kappa shape index (κ3) is 2.20. The van der Waals surface area contributed by atoms with Gasteiger partial charge in [-0.05, 0) is 24.3 Å². The fourth-order valence-corrected chi connectivity index (χ4v) is 1.82. The van der Waals surface area contributed by atoms with Gasteiger partial charge in [0.1, 0.15) is 0 Å². The van der Waals surface area contributed by atoms with Crippen molar-refractivity contribution < 1.29 is 14.2 Å². The summed E-state index contributed by atoms with van der Waals surface area (Å²) in [6.45, 7) is 0.631. The first kappa shape index (κ1) is 11.8. The number of aromatic nitrogens is 2. The Labute approximate surface area is 108 Å². The van der Waals surface area contributed by atoms with Gasteiger partial charge in [0.25, 0.3) is 5.91 Å². The fourth-order valence-electron chi connectivity index (χ4n) is 1.82. The van der Waals surface area contributed by atoms with E-state index in [-0.39, 0.29) is 12.5 Å². The lowest BCUT2D eigenvalue weighted by molar-refractivity contribution is -0.119. The van der Waals surface area contributed by atoms with Crippen molar-refractivity contribution >= 4 is 11.6 Å². The van der Waals surface area contributed by atoms with E-state index in [9.17, 15) is 4.79 Å². The molecule has 19 heavy (non-hydrogen) atoms. The summed E-state index contributed by atoms with van der Waals surface area (Å²) in [5.74, 6) is 0.815. The number of benzene rings is 1. The summed E-state index contributed by atoms with van der Waals surface area (Å²) in [6, 6.07) is 7.15. The second-order valence-corrected chi connectivity index (χ2v) is 4.03. The molecule has 0 radical (unpaired) electrons. The van der Waals surface area contributed by atoms with Crippen LogP contribution in [0.1, 0.15) is 12.3 Å². The Hall–Kier alpha value is -2.25. The van der Waals surface area contributed by atoms with Gasteiger partial charge in [-0.15, -0.1) is 0 Å². The Bertz CT molecular complexity index is 593. The van der Waals surface area contributed by atoms with Crippen LogP contribution < -0.4 is 10.8 Å². The maximum absolute atomic E-state index is 11.5. The molecule has 1 amide bonds. The highest BCUT2D eigenvalue weighted by Crippen LogP contribution is 2.23. The predicted molar refractivity (Wildman–Crippen MR) is 65.7 cm³/mol. The van der Waals surface area contributed by atoms with Crippen molar-refractivity contribution in [3.05, 3.63) is 30.2 Å². The fraction of sp³-hybridized carbons (Fsp3) is 0.250. The number of hydrogen-bond donors (Lipinski definition) is 1. The van der Waals surface area contributed by atoms with Gasteiger partial charge in [-0.25, -0.2) is 0 Å². The average Bonchev–Trinajstić information content (AvgIpc) is 3.07. The number of carbonyl (C=O) groups is 1. The molecule has 7 heteroatoms. The Balaban J connectivity index is 1.84. The van der Waals surface area contributed by atoms with Gasteiger partial charge in [-0.3, -0.25) is 9.63 Å². The number of rotatable bonds is 3. The van der Waals surface area contributed by atoms with Gasteiger partial charge in [-0.2, -0.15) is 10.0 Å². The Morgan fingerprint density at radius 1 is 1.32 bits per heavy atom. The maximum atomic E-state index is 11.5. The molecule has 1 aromatic heterocycles. The third-order valence-electron chi connectivity index (χ3n) is 2.77. The number of anilines is 1.